The van der Waals surface area contributed by atoms with Crippen LogP contribution in [0.5, 0.6) is 11.5 Å². The van der Waals surface area contributed by atoms with Crippen LogP contribution in [0.3, 0.4) is 0 Å². The van der Waals surface area contributed by atoms with Gasteiger partial charge in [-0.1, -0.05) is 6.07 Å². The first-order valence-corrected chi connectivity index (χ1v) is 5.13. The Morgan fingerprint density at radius 2 is 2.07 bits per heavy atom. The number of hydrogen-bond acceptors (Lipinski definition) is 4. The van der Waals surface area contributed by atoms with E-state index >= 15 is 0 Å². The molecule has 0 amide bonds. The van der Waals surface area contributed by atoms with Crippen molar-refractivity contribution in [3.05, 3.63) is 23.8 Å². The number of aliphatic hydroxyl groups is 1. The Morgan fingerprint density at radius 1 is 1.27 bits per heavy atom. The standard InChI is InChI=1S/C11H13NO3/c13-9(6-12-3-4-12)8-1-2-10-11(5-8)15-7-14-10/h1-2,5,9,13H,3-4,6-7H2. The molecule has 4 heteroatoms. The van der Waals surface area contributed by atoms with Crippen molar-refractivity contribution in [3.8, 4) is 11.5 Å². The summed E-state index contributed by atoms with van der Waals surface area (Å²) in [6, 6.07) is 5.60. The fraction of sp³-hybridized carbons (Fsp3) is 0.455. The minimum Gasteiger partial charge on any atom is -0.454 e. The third kappa shape index (κ3) is 1.78. The Kier molecular flexibility index (Phi) is 2.04. The van der Waals surface area contributed by atoms with Crippen LogP contribution in [0.25, 0.3) is 0 Å². The highest BCUT2D eigenvalue weighted by atomic mass is 16.7. The Balaban J connectivity index is 1.78. The van der Waals surface area contributed by atoms with E-state index in [1.54, 1.807) is 0 Å². The fourth-order valence-electron chi connectivity index (χ4n) is 1.72. The van der Waals surface area contributed by atoms with Gasteiger partial charge < -0.3 is 14.6 Å². The van der Waals surface area contributed by atoms with E-state index in [1.165, 1.54) is 0 Å². The normalized spacial score (nSPS) is 20.3. The molecular formula is C11H13NO3. The number of nitrogens with zero attached hydrogens (tertiary/aromatic N) is 1. The van der Waals surface area contributed by atoms with Gasteiger partial charge in [-0.05, 0) is 17.7 Å². The highest BCUT2D eigenvalue weighted by molar-refractivity contribution is 5.45. The summed E-state index contributed by atoms with van der Waals surface area (Å²) in [6.07, 6.45) is -0.429. The lowest BCUT2D eigenvalue weighted by atomic mass is 10.1. The minimum absolute atomic E-state index is 0.279. The second-order valence-corrected chi connectivity index (χ2v) is 3.93. The van der Waals surface area contributed by atoms with E-state index in [0.717, 1.165) is 30.2 Å². The van der Waals surface area contributed by atoms with Gasteiger partial charge in [0, 0.05) is 19.6 Å². The van der Waals surface area contributed by atoms with Crippen LogP contribution < -0.4 is 9.47 Å². The van der Waals surface area contributed by atoms with Crippen LogP contribution in [0.2, 0.25) is 0 Å². The quantitative estimate of drug-likeness (QED) is 0.743. The highest BCUT2D eigenvalue weighted by Crippen LogP contribution is 2.34. The third-order valence-corrected chi connectivity index (χ3v) is 2.75. The van der Waals surface area contributed by atoms with E-state index in [0.29, 0.717) is 6.54 Å². The molecule has 80 valence electrons. The number of benzene rings is 1. The number of aliphatic hydroxyl groups excluding tert-OH is 1. The van der Waals surface area contributed by atoms with Gasteiger partial charge in [-0.3, -0.25) is 4.90 Å². The summed E-state index contributed by atoms with van der Waals surface area (Å²) in [7, 11) is 0. The van der Waals surface area contributed by atoms with Crippen molar-refractivity contribution in [2.45, 2.75) is 6.10 Å². The van der Waals surface area contributed by atoms with E-state index < -0.39 is 6.10 Å². The van der Waals surface area contributed by atoms with E-state index in [-0.39, 0.29) is 6.79 Å². The number of β-amino-alcohol motifs (C(OH)–C–C–N with tert-alkyl or cyclic N) is 1. The van der Waals surface area contributed by atoms with Gasteiger partial charge in [-0.2, -0.15) is 0 Å². The maximum Gasteiger partial charge on any atom is 0.231 e. The summed E-state index contributed by atoms with van der Waals surface area (Å²) in [6.45, 7) is 3.18. The first-order chi connectivity index (χ1) is 7.33. The first kappa shape index (κ1) is 9.00. The molecule has 1 fully saturated rings. The summed E-state index contributed by atoms with van der Waals surface area (Å²) in [5, 5.41) is 9.92. The second-order valence-electron chi connectivity index (χ2n) is 3.93. The molecule has 1 N–H and O–H groups in total. The first-order valence-electron chi connectivity index (χ1n) is 5.13. The average Bonchev–Trinajstić information content (AvgIpc) is 2.94. The van der Waals surface area contributed by atoms with Crippen LogP contribution >= 0.6 is 0 Å². The lowest BCUT2D eigenvalue weighted by molar-refractivity contribution is 0.156. The molecule has 1 unspecified atom stereocenters. The highest BCUT2D eigenvalue weighted by Gasteiger charge is 2.23. The molecule has 0 spiro atoms. The van der Waals surface area contributed by atoms with Gasteiger partial charge >= 0.3 is 0 Å². The predicted octanol–water partition coefficient (Wildman–Crippen LogP) is 0.764. The lowest BCUT2D eigenvalue weighted by Crippen LogP contribution is -2.10. The summed E-state index contributed by atoms with van der Waals surface area (Å²) in [4.78, 5) is 2.19. The van der Waals surface area contributed by atoms with Crippen molar-refractivity contribution >= 4 is 0 Å². The molecule has 2 heterocycles. The van der Waals surface area contributed by atoms with Crippen LogP contribution in [0.1, 0.15) is 11.7 Å². The molecule has 1 aromatic carbocycles. The summed E-state index contributed by atoms with van der Waals surface area (Å²) in [5.74, 6) is 1.50. The molecule has 4 nitrogen and oxygen atoms in total. The van der Waals surface area contributed by atoms with E-state index in [4.69, 9.17) is 9.47 Å². The number of rotatable bonds is 3. The molecule has 1 aromatic rings. The van der Waals surface area contributed by atoms with Crippen LogP contribution in [-0.4, -0.2) is 36.4 Å². The maximum absolute atomic E-state index is 9.92. The Morgan fingerprint density at radius 3 is 2.87 bits per heavy atom. The molecule has 3 rings (SSSR count). The molecule has 0 aromatic heterocycles. The number of hydrogen-bond donors (Lipinski definition) is 1. The van der Waals surface area contributed by atoms with Crippen LogP contribution in [0.4, 0.5) is 0 Å². The summed E-state index contributed by atoms with van der Waals surface area (Å²) >= 11 is 0. The molecule has 0 aliphatic carbocycles. The van der Waals surface area contributed by atoms with Crippen molar-refractivity contribution in [1.82, 2.24) is 4.90 Å². The smallest absolute Gasteiger partial charge is 0.231 e. The predicted molar refractivity (Wildman–Crippen MR) is 54.0 cm³/mol. The van der Waals surface area contributed by atoms with Gasteiger partial charge in [0.2, 0.25) is 6.79 Å². The van der Waals surface area contributed by atoms with Crippen LogP contribution in [-0.2, 0) is 0 Å². The summed E-state index contributed by atoms with van der Waals surface area (Å²) in [5.41, 5.74) is 0.895. The minimum atomic E-state index is -0.429. The van der Waals surface area contributed by atoms with Crippen LogP contribution in [0.15, 0.2) is 18.2 Å². The molecule has 2 aliphatic heterocycles. The molecule has 0 saturated carbocycles. The summed E-state index contributed by atoms with van der Waals surface area (Å²) < 4.78 is 10.5. The molecule has 1 saturated heterocycles. The molecule has 1 atom stereocenters. The molecule has 15 heavy (non-hydrogen) atoms. The van der Waals surface area contributed by atoms with Gasteiger partial charge in [0.25, 0.3) is 0 Å². The van der Waals surface area contributed by atoms with Crippen LogP contribution in [0, 0.1) is 0 Å². The zero-order chi connectivity index (χ0) is 10.3. The fourth-order valence-corrected chi connectivity index (χ4v) is 1.72. The zero-order valence-corrected chi connectivity index (χ0v) is 8.35. The Bertz CT molecular complexity index is 376. The molecular weight excluding hydrogens is 194 g/mol. The van der Waals surface area contributed by atoms with Crippen molar-refractivity contribution in [1.29, 1.82) is 0 Å². The Hall–Kier alpha value is -1.26. The SMILES string of the molecule is OC(CN1CC1)c1ccc2c(c1)OCO2. The van der Waals surface area contributed by atoms with Gasteiger partial charge in [-0.15, -0.1) is 0 Å². The van der Waals surface area contributed by atoms with Gasteiger partial charge in [0.15, 0.2) is 11.5 Å². The van der Waals surface area contributed by atoms with E-state index in [1.807, 2.05) is 18.2 Å². The van der Waals surface area contributed by atoms with Gasteiger partial charge in [-0.25, -0.2) is 0 Å². The molecule has 0 bridgehead atoms. The second kappa shape index (κ2) is 3.40. The molecule has 0 radical (unpaired) electrons. The monoisotopic (exact) mass is 207 g/mol. The average molecular weight is 207 g/mol. The maximum atomic E-state index is 9.92. The van der Waals surface area contributed by atoms with Crippen molar-refractivity contribution < 1.29 is 14.6 Å². The number of fused-ring (bicyclic) bond motifs is 1. The lowest BCUT2D eigenvalue weighted by Gasteiger charge is -2.11. The largest absolute Gasteiger partial charge is 0.454 e. The van der Waals surface area contributed by atoms with Gasteiger partial charge in [0.1, 0.15) is 0 Å². The van der Waals surface area contributed by atoms with Crippen molar-refractivity contribution in [2.75, 3.05) is 26.4 Å². The van der Waals surface area contributed by atoms with E-state index in [9.17, 15) is 5.11 Å². The topological polar surface area (TPSA) is 41.7 Å². The molecule has 2 aliphatic rings. The zero-order valence-electron chi connectivity index (χ0n) is 8.35. The van der Waals surface area contributed by atoms with Gasteiger partial charge in [0.05, 0.1) is 6.10 Å². The number of ether oxygens (including phenoxy) is 2. The van der Waals surface area contributed by atoms with Crippen molar-refractivity contribution in [3.63, 3.8) is 0 Å². The van der Waals surface area contributed by atoms with E-state index in [2.05, 4.69) is 4.90 Å². The van der Waals surface area contributed by atoms with Crippen molar-refractivity contribution in [2.24, 2.45) is 0 Å². The third-order valence-electron chi connectivity index (χ3n) is 2.75. The Labute approximate surface area is 88.0 Å².